The third-order valence-corrected chi connectivity index (χ3v) is 3.84. The van der Waals surface area contributed by atoms with Gasteiger partial charge < -0.3 is 15.5 Å². The van der Waals surface area contributed by atoms with Crippen LogP contribution in [-0.2, 0) is 6.54 Å². The highest BCUT2D eigenvalue weighted by molar-refractivity contribution is 5.97. The smallest absolute Gasteiger partial charge is 0.276 e. The molecule has 7 heteroatoms. The highest BCUT2D eigenvalue weighted by Gasteiger charge is 2.25. The summed E-state index contributed by atoms with van der Waals surface area (Å²) in [4.78, 5) is 18.9. The van der Waals surface area contributed by atoms with Crippen LogP contribution in [-0.4, -0.2) is 83.8 Å². The Morgan fingerprint density at radius 1 is 1.33 bits per heavy atom. The summed E-state index contributed by atoms with van der Waals surface area (Å²) in [5, 5.41) is 4.26. The van der Waals surface area contributed by atoms with Crippen LogP contribution in [0.5, 0.6) is 0 Å². The number of carbonyl (C=O) groups is 1. The predicted octanol–water partition coefficient (Wildman–Crippen LogP) is -0.195. The Hall–Kier alpha value is -1.60. The van der Waals surface area contributed by atoms with Crippen LogP contribution < -0.4 is 5.73 Å². The summed E-state index contributed by atoms with van der Waals surface area (Å²) < 4.78 is 1.70. The van der Waals surface area contributed by atoms with E-state index in [0.717, 1.165) is 45.8 Å². The van der Waals surface area contributed by atoms with E-state index in [2.05, 4.69) is 29.0 Å². The van der Waals surface area contributed by atoms with Gasteiger partial charge in [0.05, 0.1) is 5.69 Å². The zero-order valence-corrected chi connectivity index (χ0v) is 13.2. The van der Waals surface area contributed by atoms with E-state index in [1.165, 1.54) is 0 Å². The number of hydrogen-bond acceptors (Lipinski definition) is 5. The molecule has 2 rings (SSSR count). The maximum absolute atomic E-state index is 12.5. The minimum absolute atomic E-state index is 0.0491. The van der Waals surface area contributed by atoms with Gasteiger partial charge in [0.1, 0.15) is 0 Å². The molecule has 1 aliphatic heterocycles. The molecular formula is C14H26N6O. The van der Waals surface area contributed by atoms with Gasteiger partial charge in [-0.05, 0) is 21.0 Å². The fourth-order valence-electron chi connectivity index (χ4n) is 2.43. The fourth-order valence-corrected chi connectivity index (χ4v) is 2.43. The lowest BCUT2D eigenvalue weighted by molar-refractivity contribution is 0.0624. The van der Waals surface area contributed by atoms with Crippen LogP contribution in [0.3, 0.4) is 0 Å². The van der Waals surface area contributed by atoms with Crippen LogP contribution in [0.4, 0.5) is 5.69 Å². The summed E-state index contributed by atoms with van der Waals surface area (Å²) >= 11 is 0. The zero-order chi connectivity index (χ0) is 15.4. The Morgan fingerprint density at radius 2 is 2.00 bits per heavy atom. The molecule has 0 atom stereocenters. The number of aromatic nitrogens is 2. The fraction of sp³-hybridized carbons (Fsp3) is 0.714. The summed E-state index contributed by atoms with van der Waals surface area (Å²) in [7, 11) is 4.15. The van der Waals surface area contributed by atoms with Crippen molar-refractivity contribution >= 4 is 11.6 Å². The average molecular weight is 294 g/mol. The second kappa shape index (κ2) is 6.91. The molecule has 2 N–H and O–H groups in total. The Morgan fingerprint density at radius 3 is 2.52 bits per heavy atom. The minimum atomic E-state index is -0.0491. The molecule has 0 radical (unpaired) electrons. The molecule has 0 unspecified atom stereocenters. The summed E-state index contributed by atoms with van der Waals surface area (Å²) in [6.45, 7) is 8.08. The first-order valence-electron chi connectivity index (χ1n) is 7.50. The Balaban J connectivity index is 1.89. The van der Waals surface area contributed by atoms with Gasteiger partial charge in [0.15, 0.2) is 5.69 Å². The van der Waals surface area contributed by atoms with E-state index in [1.807, 2.05) is 11.8 Å². The number of piperazine rings is 1. The Kier molecular flexibility index (Phi) is 5.19. The van der Waals surface area contributed by atoms with Gasteiger partial charge in [0, 0.05) is 52.0 Å². The lowest BCUT2D eigenvalue weighted by Gasteiger charge is -2.34. The van der Waals surface area contributed by atoms with Crippen LogP contribution in [0, 0.1) is 0 Å². The minimum Gasteiger partial charge on any atom is -0.396 e. The largest absolute Gasteiger partial charge is 0.396 e. The normalized spacial score (nSPS) is 16.7. The van der Waals surface area contributed by atoms with Crippen LogP contribution in [0.2, 0.25) is 0 Å². The first-order chi connectivity index (χ1) is 10.0. The topological polar surface area (TPSA) is 70.6 Å². The Bertz CT molecular complexity index is 476. The summed E-state index contributed by atoms with van der Waals surface area (Å²) in [6, 6.07) is 0. The Labute approximate surface area is 126 Å². The highest BCUT2D eigenvalue weighted by atomic mass is 16.2. The standard InChI is InChI=1S/C14H26N6O/c1-4-20-11-12(15)13(16-20)14(21)19-9-7-18(8-10-19)6-5-17(2)3/h11H,4-10,15H2,1-3H3. The molecule has 21 heavy (non-hydrogen) atoms. The number of likely N-dealkylation sites (N-methyl/N-ethyl adjacent to an activating group) is 1. The zero-order valence-electron chi connectivity index (χ0n) is 13.2. The molecule has 7 nitrogen and oxygen atoms in total. The van der Waals surface area contributed by atoms with Crippen molar-refractivity contribution in [3.63, 3.8) is 0 Å². The summed E-state index contributed by atoms with van der Waals surface area (Å²) in [5.74, 6) is -0.0491. The van der Waals surface area contributed by atoms with Gasteiger partial charge in [0.25, 0.3) is 5.91 Å². The number of anilines is 1. The molecule has 1 aliphatic rings. The van der Waals surface area contributed by atoms with Crippen molar-refractivity contribution in [1.82, 2.24) is 24.5 Å². The summed E-state index contributed by atoms with van der Waals surface area (Å²) in [6.07, 6.45) is 1.72. The van der Waals surface area contributed by atoms with Crippen molar-refractivity contribution in [3.8, 4) is 0 Å². The SMILES string of the molecule is CCn1cc(N)c(C(=O)N2CCN(CCN(C)C)CC2)n1. The molecule has 1 aromatic rings. The van der Waals surface area contributed by atoms with E-state index in [9.17, 15) is 4.79 Å². The number of nitrogen functional groups attached to an aromatic ring is 1. The quantitative estimate of drug-likeness (QED) is 0.815. The maximum Gasteiger partial charge on any atom is 0.276 e. The van der Waals surface area contributed by atoms with Gasteiger partial charge >= 0.3 is 0 Å². The van der Waals surface area contributed by atoms with Gasteiger partial charge in [-0.15, -0.1) is 0 Å². The number of carbonyl (C=O) groups excluding carboxylic acids is 1. The van der Waals surface area contributed by atoms with Gasteiger partial charge in [-0.3, -0.25) is 14.4 Å². The average Bonchev–Trinajstić information content (AvgIpc) is 2.86. The van der Waals surface area contributed by atoms with Crippen molar-refractivity contribution in [3.05, 3.63) is 11.9 Å². The molecular weight excluding hydrogens is 268 g/mol. The van der Waals surface area contributed by atoms with Crippen molar-refractivity contribution in [2.75, 3.05) is 59.1 Å². The van der Waals surface area contributed by atoms with E-state index in [0.29, 0.717) is 11.4 Å². The van der Waals surface area contributed by atoms with Gasteiger partial charge in [-0.25, -0.2) is 0 Å². The third kappa shape index (κ3) is 3.95. The van der Waals surface area contributed by atoms with Crippen LogP contribution in [0.25, 0.3) is 0 Å². The first-order valence-corrected chi connectivity index (χ1v) is 7.50. The molecule has 1 aromatic heterocycles. The molecule has 0 aromatic carbocycles. The molecule has 0 aliphatic carbocycles. The molecule has 2 heterocycles. The molecule has 0 spiro atoms. The number of aryl methyl sites for hydroxylation is 1. The van der Waals surface area contributed by atoms with Gasteiger partial charge in [-0.2, -0.15) is 5.10 Å². The molecule has 0 bridgehead atoms. The monoisotopic (exact) mass is 294 g/mol. The number of nitrogens with zero attached hydrogens (tertiary/aromatic N) is 5. The van der Waals surface area contributed by atoms with Crippen molar-refractivity contribution in [2.24, 2.45) is 0 Å². The van der Waals surface area contributed by atoms with Crippen LogP contribution >= 0.6 is 0 Å². The van der Waals surface area contributed by atoms with Crippen LogP contribution in [0.1, 0.15) is 17.4 Å². The lowest BCUT2D eigenvalue weighted by Crippen LogP contribution is -2.50. The molecule has 1 saturated heterocycles. The summed E-state index contributed by atoms with van der Waals surface area (Å²) in [5.41, 5.74) is 6.74. The molecule has 118 valence electrons. The number of rotatable bonds is 5. The van der Waals surface area contributed by atoms with E-state index < -0.39 is 0 Å². The van der Waals surface area contributed by atoms with Crippen LogP contribution in [0.15, 0.2) is 6.20 Å². The van der Waals surface area contributed by atoms with Crippen molar-refractivity contribution < 1.29 is 4.79 Å². The van der Waals surface area contributed by atoms with E-state index >= 15 is 0 Å². The van der Waals surface area contributed by atoms with E-state index in [1.54, 1.807) is 10.9 Å². The molecule has 1 amide bonds. The van der Waals surface area contributed by atoms with Crippen molar-refractivity contribution in [2.45, 2.75) is 13.5 Å². The van der Waals surface area contributed by atoms with E-state index in [-0.39, 0.29) is 5.91 Å². The third-order valence-electron chi connectivity index (χ3n) is 3.84. The van der Waals surface area contributed by atoms with Gasteiger partial charge in [0.2, 0.25) is 0 Å². The number of amides is 1. The number of hydrogen-bond donors (Lipinski definition) is 1. The maximum atomic E-state index is 12.5. The second-order valence-electron chi connectivity index (χ2n) is 5.73. The molecule has 1 fully saturated rings. The molecule has 0 saturated carbocycles. The number of nitrogens with two attached hydrogens (primary N) is 1. The van der Waals surface area contributed by atoms with Crippen molar-refractivity contribution in [1.29, 1.82) is 0 Å². The second-order valence-corrected chi connectivity index (χ2v) is 5.73. The lowest BCUT2D eigenvalue weighted by atomic mass is 10.2. The predicted molar refractivity (Wildman–Crippen MR) is 83.2 cm³/mol. The highest BCUT2D eigenvalue weighted by Crippen LogP contribution is 2.14. The van der Waals surface area contributed by atoms with E-state index in [4.69, 9.17) is 5.73 Å². The van der Waals surface area contributed by atoms with Gasteiger partial charge in [-0.1, -0.05) is 0 Å². The first kappa shape index (κ1) is 15.8.